The number of carbonyl (C=O) groups excluding carboxylic acids is 2. The molecule has 0 saturated carbocycles. The topological polar surface area (TPSA) is 61.7 Å². The van der Waals surface area contributed by atoms with E-state index in [0.717, 1.165) is 41.1 Å². The van der Waals surface area contributed by atoms with Gasteiger partial charge in [0.2, 0.25) is 12.4 Å². The zero-order chi connectivity index (χ0) is 20.3. The molecule has 0 radical (unpaired) electrons. The highest BCUT2D eigenvalue weighted by Crippen LogP contribution is 2.29. The summed E-state index contributed by atoms with van der Waals surface area (Å²) < 4.78 is 2.17. The fourth-order valence-electron chi connectivity index (χ4n) is 3.38. The fraction of sp³-hybridized carbons (Fsp3) is 0.450. The lowest BCUT2D eigenvalue weighted by molar-refractivity contribution is -0.114. The third-order valence-corrected chi connectivity index (χ3v) is 5.90. The van der Waals surface area contributed by atoms with Crippen LogP contribution in [0.15, 0.2) is 24.3 Å². The van der Waals surface area contributed by atoms with E-state index in [1.54, 1.807) is 7.05 Å². The van der Waals surface area contributed by atoms with E-state index in [1.807, 2.05) is 18.7 Å². The first-order valence-electron chi connectivity index (χ1n) is 9.33. The van der Waals surface area contributed by atoms with Gasteiger partial charge in [-0.3, -0.25) is 14.6 Å². The molecule has 0 N–H and O–H groups in total. The molecule has 3 amide bonds. The second-order valence-corrected chi connectivity index (χ2v) is 8.28. The van der Waals surface area contributed by atoms with Gasteiger partial charge in [-0.2, -0.15) is 16.7 Å². The standard InChI is InChI=1S/C20H27N5O2S/c1-15-6-5-7-17(12-15)13-25-16(2)18(23(4)20(27)22(3)14-26)21-19(25)24-8-10-28-11-9-24/h5-7,12,14H,8-11,13H2,1-4H3. The van der Waals surface area contributed by atoms with Gasteiger partial charge in [0, 0.05) is 38.7 Å². The summed E-state index contributed by atoms with van der Waals surface area (Å²) in [6.07, 6.45) is 0.515. The summed E-state index contributed by atoms with van der Waals surface area (Å²) in [5, 5.41) is 0. The molecule has 3 rings (SSSR count). The average molecular weight is 402 g/mol. The van der Waals surface area contributed by atoms with Crippen LogP contribution >= 0.6 is 11.8 Å². The van der Waals surface area contributed by atoms with Crippen molar-refractivity contribution in [3.63, 3.8) is 0 Å². The van der Waals surface area contributed by atoms with E-state index in [4.69, 9.17) is 4.98 Å². The van der Waals surface area contributed by atoms with Crippen molar-refractivity contribution in [1.29, 1.82) is 0 Å². The van der Waals surface area contributed by atoms with Gasteiger partial charge in [0.15, 0.2) is 5.82 Å². The predicted molar refractivity (Wildman–Crippen MR) is 114 cm³/mol. The molecule has 0 bridgehead atoms. The van der Waals surface area contributed by atoms with Crippen LogP contribution in [0.25, 0.3) is 0 Å². The molecule has 0 unspecified atom stereocenters. The Hall–Kier alpha value is -2.48. The van der Waals surface area contributed by atoms with Crippen molar-refractivity contribution in [1.82, 2.24) is 14.5 Å². The molecular weight excluding hydrogens is 374 g/mol. The largest absolute Gasteiger partial charge is 0.341 e. The highest BCUT2D eigenvalue weighted by molar-refractivity contribution is 7.99. The maximum Gasteiger partial charge on any atom is 0.331 e. The zero-order valence-corrected chi connectivity index (χ0v) is 17.7. The number of imide groups is 1. The van der Waals surface area contributed by atoms with Crippen LogP contribution in [0.5, 0.6) is 0 Å². The van der Waals surface area contributed by atoms with Gasteiger partial charge in [-0.25, -0.2) is 4.79 Å². The Morgan fingerprint density at radius 1 is 1.25 bits per heavy atom. The van der Waals surface area contributed by atoms with Gasteiger partial charge in [0.25, 0.3) is 0 Å². The number of carbonyl (C=O) groups is 2. The van der Waals surface area contributed by atoms with E-state index in [1.165, 1.54) is 23.1 Å². The molecule has 1 aromatic heterocycles. The SMILES string of the molecule is Cc1cccc(Cn2c(N3CCSCC3)nc(N(C)C(=O)N(C)C=O)c2C)c1. The Morgan fingerprint density at radius 3 is 2.61 bits per heavy atom. The van der Waals surface area contributed by atoms with E-state index in [2.05, 4.69) is 40.7 Å². The lowest BCUT2D eigenvalue weighted by Gasteiger charge is -2.28. The molecule has 2 heterocycles. The van der Waals surface area contributed by atoms with Crippen molar-refractivity contribution in [3.8, 4) is 0 Å². The summed E-state index contributed by atoms with van der Waals surface area (Å²) in [5.41, 5.74) is 3.31. The van der Waals surface area contributed by atoms with Crippen LogP contribution in [-0.2, 0) is 11.3 Å². The van der Waals surface area contributed by atoms with Crippen molar-refractivity contribution >= 4 is 36.0 Å². The zero-order valence-electron chi connectivity index (χ0n) is 16.9. The summed E-state index contributed by atoms with van der Waals surface area (Å²) in [4.78, 5) is 33.1. The van der Waals surface area contributed by atoms with Crippen LogP contribution < -0.4 is 9.80 Å². The minimum Gasteiger partial charge on any atom is -0.341 e. The van der Waals surface area contributed by atoms with Crippen molar-refractivity contribution in [3.05, 3.63) is 41.1 Å². The third-order valence-electron chi connectivity index (χ3n) is 4.96. The molecule has 2 aromatic rings. The van der Waals surface area contributed by atoms with Crippen molar-refractivity contribution < 1.29 is 9.59 Å². The minimum absolute atomic E-state index is 0.404. The van der Waals surface area contributed by atoms with E-state index in [9.17, 15) is 9.59 Å². The second-order valence-electron chi connectivity index (χ2n) is 7.05. The maximum atomic E-state index is 12.5. The van der Waals surface area contributed by atoms with E-state index >= 15 is 0 Å². The number of hydrogen-bond acceptors (Lipinski definition) is 5. The third kappa shape index (κ3) is 4.16. The van der Waals surface area contributed by atoms with Gasteiger partial charge >= 0.3 is 6.03 Å². The number of thioether (sulfide) groups is 1. The number of aryl methyl sites for hydroxylation is 1. The van der Waals surface area contributed by atoms with Crippen LogP contribution in [-0.4, -0.2) is 65.6 Å². The second kappa shape index (κ2) is 8.68. The Kier molecular flexibility index (Phi) is 6.28. The highest BCUT2D eigenvalue weighted by atomic mass is 32.2. The molecule has 0 spiro atoms. The first-order valence-corrected chi connectivity index (χ1v) is 10.5. The number of imidazole rings is 1. The summed E-state index contributed by atoms with van der Waals surface area (Å²) in [6, 6.07) is 8.02. The molecule has 1 saturated heterocycles. The monoisotopic (exact) mass is 401 g/mol. The number of nitrogens with zero attached hydrogens (tertiary/aromatic N) is 5. The van der Waals surface area contributed by atoms with Crippen LogP contribution in [0.3, 0.4) is 0 Å². The summed E-state index contributed by atoms with van der Waals surface area (Å²) in [5.74, 6) is 3.59. The molecule has 8 heteroatoms. The summed E-state index contributed by atoms with van der Waals surface area (Å²) in [6.45, 7) is 6.61. The summed E-state index contributed by atoms with van der Waals surface area (Å²) >= 11 is 1.95. The van der Waals surface area contributed by atoms with E-state index in [-0.39, 0.29) is 0 Å². The van der Waals surface area contributed by atoms with Crippen LogP contribution in [0.4, 0.5) is 16.6 Å². The van der Waals surface area contributed by atoms with Crippen LogP contribution in [0, 0.1) is 13.8 Å². The number of amides is 3. The number of aromatic nitrogens is 2. The molecule has 1 aromatic carbocycles. The Bertz CT molecular complexity index is 860. The molecule has 150 valence electrons. The lowest BCUT2D eigenvalue weighted by atomic mass is 10.1. The number of anilines is 2. The molecule has 0 atom stereocenters. The van der Waals surface area contributed by atoms with Gasteiger partial charge in [0.05, 0.1) is 12.2 Å². The maximum absolute atomic E-state index is 12.5. The Labute approximate surface area is 170 Å². The highest BCUT2D eigenvalue weighted by Gasteiger charge is 2.26. The molecule has 1 fully saturated rings. The Balaban J connectivity index is 2.01. The molecule has 1 aliphatic heterocycles. The molecule has 7 nitrogen and oxygen atoms in total. The van der Waals surface area contributed by atoms with Gasteiger partial charge in [-0.05, 0) is 19.4 Å². The van der Waals surface area contributed by atoms with Gasteiger partial charge in [-0.15, -0.1) is 0 Å². The van der Waals surface area contributed by atoms with Crippen LogP contribution in [0.2, 0.25) is 0 Å². The molecule has 1 aliphatic rings. The lowest BCUT2D eigenvalue weighted by Crippen LogP contribution is -2.38. The quantitative estimate of drug-likeness (QED) is 0.721. The number of rotatable bonds is 5. The predicted octanol–water partition coefficient (Wildman–Crippen LogP) is 2.75. The fourth-order valence-corrected chi connectivity index (χ4v) is 4.29. The van der Waals surface area contributed by atoms with Crippen LogP contribution in [0.1, 0.15) is 16.8 Å². The van der Waals surface area contributed by atoms with Gasteiger partial charge in [0.1, 0.15) is 0 Å². The first kappa shape index (κ1) is 20.3. The Morgan fingerprint density at radius 2 is 1.96 bits per heavy atom. The van der Waals surface area contributed by atoms with Gasteiger partial charge in [-0.1, -0.05) is 29.8 Å². The van der Waals surface area contributed by atoms with Crippen molar-refractivity contribution in [2.45, 2.75) is 20.4 Å². The van der Waals surface area contributed by atoms with E-state index < -0.39 is 6.03 Å². The average Bonchev–Trinajstić information content (AvgIpc) is 3.03. The number of hydrogen-bond donors (Lipinski definition) is 0. The first-order chi connectivity index (χ1) is 13.4. The van der Waals surface area contributed by atoms with E-state index in [0.29, 0.717) is 18.8 Å². The number of benzene rings is 1. The smallest absolute Gasteiger partial charge is 0.331 e. The van der Waals surface area contributed by atoms with Crippen molar-refractivity contribution in [2.75, 3.05) is 48.5 Å². The summed E-state index contributed by atoms with van der Waals surface area (Å²) in [7, 11) is 3.11. The van der Waals surface area contributed by atoms with Crippen molar-refractivity contribution in [2.24, 2.45) is 0 Å². The number of urea groups is 1. The van der Waals surface area contributed by atoms with Gasteiger partial charge < -0.3 is 9.47 Å². The normalized spacial score (nSPS) is 14.1. The molecule has 0 aliphatic carbocycles. The molecule has 28 heavy (non-hydrogen) atoms. The minimum atomic E-state index is -0.404. The molecular formula is C20H27N5O2S.